The first kappa shape index (κ1) is 11.7. The van der Waals surface area contributed by atoms with Crippen LogP contribution < -0.4 is 0 Å². The van der Waals surface area contributed by atoms with Gasteiger partial charge in [-0.2, -0.15) is 4.99 Å². The number of nitro benzene ring substituents is 1. The molecule has 0 saturated carbocycles. The van der Waals surface area contributed by atoms with Crippen LogP contribution in [0.3, 0.4) is 0 Å². The zero-order valence-corrected chi connectivity index (χ0v) is 9.24. The van der Waals surface area contributed by atoms with Crippen molar-refractivity contribution in [1.29, 1.82) is 0 Å². The maximum absolute atomic E-state index is 10.9. The van der Waals surface area contributed by atoms with Crippen molar-refractivity contribution in [3.63, 3.8) is 0 Å². The molecule has 0 aliphatic carbocycles. The molecule has 0 aromatic heterocycles. The number of isocyanates is 1. The highest BCUT2D eigenvalue weighted by Crippen LogP contribution is 2.30. The largest absolute Gasteiger partial charge is 0.277 e. The lowest BCUT2D eigenvalue weighted by Crippen LogP contribution is -1.91. The fourth-order valence-corrected chi connectivity index (χ4v) is 1.65. The van der Waals surface area contributed by atoms with Crippen LogP contribution >= 0.6 is 0 Å². The molecule has 0 aliphatic heterocycles. The molecule has 0 unspecified atom stereocenters. The van der Waals surface area contributed by atoms with Crippen LogP contribution in [0.1, 0.15) is 0 Å². The number of rotatable bonds is 3. The van der Waals surface area contributed by atoms with Crippen molar-refractivity contribution in [2.75, 3.05) is 0 Å². The summed E-state index contributed by atoms with van der Waals surface area (Å²) in [7, 11) is 0. The fraction of sp³-hybridized carbons (Fsp3) is 0. The molecule has 2 aromatic rings. The first-order chi connectivity index (χ1) is 8.72. The number of para-hydroxylation sites is 1. The SMILES string of the molecule is O=C=Nc1ccc(-c2ccccc2[N+](=O)[O-])cc1. The minimum atomic E-state index is -0.424. The number of hydrogen-bond donors (Lipinski definition) is 0. The van der Waals surface area contributed by atoms with Gasteiger partial charge >= 0.3 is 0 Å². The topological polar surface area (TPSA) is 72.6 Å². The Morgan fingerprint density at radius 2 is 1.72 bits per heavy atom. The van der Waals surface area contributed by atoms with Crippen LogP contribution in [0, 0.1) is 10.1 Å². The molecular formula is C13H8N2O3. The smallest absolute Gasteiger partial charge is 0.258 e. The molecule has 0 spiro atoms. The van der Waals surface area contributed by atoms with E-state index >= 15 is 0 Å². The summed E-state index contributed by atoms with van der Waals surface area (Å²) in [6.45, 7) is 0. The van der Waals surface area contributed by atoms with Gasteiger partial charge in [-0.1, -0.05) is 24.3 Å². The molecule has 0 bridgehead atoms. The van der Waals surface area contributed by atoms with Crippen molar-refractivity contribution in [2.24, 2.45) is 4.99 Å². The van der Waals surface area contributed by atoms with Gasteiger partial charge in [0.25, 0.3) is 5.69 Å². The quantitative estimate of drug-likeness (QED) is 0.358. The molecule has 0 atom stereocenters. The Balaban J connectivity index is 2.49. The Morgan fingerprint density at radius 3 is 2.33 bits per heavy atom. The van der Waals surface area contributed by atoms with Crippen molar-refractivity contribution in [3.8, 4) is 11.1 Å². The van der Waals surface area contributed by atoms with Gasteiger partial charge in [-0.05, 0) is 23.8 Å². The van der Waals surface area contributed by atoms with Gasteiger partial charge in [-0.3, -0.25) is 10.1 Å². The zero-order chi connectivity index (χ0) is 13.0. The minimum absolute atomic E-state index is 0.0455. The van der Waals surface area contributed by atoms with Gasteiger partial charge < -0.3 is 0 Å². The summed E-state index contributed by atoms with van der Waals surface area (Å²) in [5.41, 5.74) is 1.74. The lowest BCUT2D eigenvalue weighted by Gasteiger charge is -2.02. The van der Waals surface area contributed by atoms with Crippen LogP contribution in [0.4, 0.5) is 11.4 Å². The highest BCUT2D eigenvalue weighted by atomic mass is 16.6. The number of aliphatic imine (C=N–C) groups is 1. The third kappa shape index (κ3) is 2.31. The summed E-state index contributed by atoms with van der Waals surface area (Å²) >= 11 is 0. The van der Waals surface area contributed by atoms with Gasteiger partial charge in [0.1, 0.15) is 0 Å². The van der Waals surface area contributed by atoms with Crippen molar-refractivity contribution < 1.29 is 9.72 Å². The van der Waals surface area contributed by atoms with E-state index in [4.69, 9.17) is 0 Å². The summed E-state index contributed by atoms with van der Waals surface area (Å²) in [6, 6.07) is 13.1. The third-order valence-electron chi connectivity index (χ3n) is 2.45. The Kier molecular flexibility index (Phi) is 3.27. The highest BCUT2D eigenvalue weighted by Gasteiger charge is 2.13. The molecule has 0 saturated heterocycles. The Hall–Kier alpha value is -2.78. The van der Waals surface area contributed by atoms with Crippen LogP contribution in [0.15, 0.2) is 53.5 Å². The van der Waals surface area contributed by atoms with Crippen LogP contribution in [0.5, 0.6) is 0 Å². The molecule has 5 heteroatoms. The van der Waals surface area contributed by atoms with Crippen molar-refractivity contribution >= 4 is 17.5 Å². The Morgan fingerprint density at radius 1 is 1.06 bits per heavy atom. The summed E-state index contributed by atoms with van der Waals surface area (Å²) in [6.07, 6.45) is 1.44. The molecule has 0 fully saturated rings. The second-order valence-electron chi connectivity index (χ2n) is 3.52. The molecule has 0 radical (unpaired) electrons. The van der Waals surface area contributed by atoms with E-state index in [1.54, 1.807) is 42.5 Å². The number of carbonyl (C=O) groups excluding carboxylic acids is 1. The van der Waals surface area contributed by atoms with Crippen molar-refractivity contribution in [1.82, 2.24) is 0 Å². The van der Waals surface area contributed by atoms with E-state index in [0.29, 0.717) is 16.8 Å². The second-order valence-corrected chi connectivity index (χ2v) is 3.52. The standard InChI is InChI=1S/C13H8N2O3/c16-9-14-11-7-5-10(6-8-11)12-3-1-2-4-13(12)15(17)18/h1-8H. The summed E-state index contributed by atoms with van der Waals surface area (Å²) in [4.78, 5) is 24.0. The predicted molar refractivity (Wildman–Crippen MR) is 66.3 cm³/mol. The molecule has 5 nitrogen and oxygen atoms in total. The van der Waals surface area contributed by atoms with Gasteiger partial charge in [-0.25, -0.2) is 4.79 Å². The predicted octanol–water partition coefficient (Wildman–Crippen LogP) is 3.23. The third-order valence-corrected chi connectivity index (χ3v) is 2.45. The molecule has 2 aromatic carbocycles. The van der Waals surface area contributed by atoms with Crippen LogP contribution in [-0.2, 0) is 4.79 Å². The molecule has 0 aliphatic rings. The van der Waals surface area contributed by atoms with E-state index in [-0.39, 0.29) is 5.69 Å². The average molecular weight is 240 g/mol. The lowest BCUT2D eigenvalue weighted by atomic mass is 10.0. The first-order valence-electron chi connectivity index (χ1n) is 5.14. The van der Waals surface area contributed by atoms with Gasteiger partial charge in [0.15, 0.2) is 0 Å². The summed E-state index contributed by atoms with van der Waals surface area (Å²) < 4.78 is 0. The van der Waals surface area contributed by atoms with Crippen molar-refractivity contribution in [2.45, 2.75) is 0 Å². The molecule has 0 N–H and O–H groups in total. The zero-order valence-electron chi connectivity index (χ0n) is 9.24. The van der Waals surface area contributed by atoms with E-state index in [2.05, 4.69) is 4.99 Å². The Bertz CT molecular complexity index is 629. The monoisotopic (exact) mass is 240 g/mol. The summed E-state index contributed by atoms with van der Waals surface area (Å²) in [5, 5.41) is 10.9. The van der Waals surface area contributed by atoms with Gasteiger partial charge in [0.2, 0.25) is 6.08 Å². The van der Waals surface area contributed by atoms with Crippen LogP contribution in [0.2, 0.25) is 0 Å². The number of hydrogen-bond acceptors (Lipinski definition) is 4. The lowest BCUT2D eigenvalue weighted by molar-refractivity contribution is -0.384. The second kappa shape index (κ2) is 5.03. The Labute approximate surface area is 103 Å². The van der Waals surface area contributed by atoms with E-state index in [1.807, 2.05) is 0 Å². The van der Waals surface area contributed by atoms with E-state index in [1.165, 1.54) is 12.1 Å². The molecule has 0 amide bonds. The van der Waals surface area contributed by atoms with E-state index in [9.17, 15) is 14.9 Å². The molecule has 18 heavy (non-hydrogen) atoms. The number of benzene rings is 2. The summed E-state index contributed by atoms with van der Waals surface area (Å²) in [5.74, 6) is 0. The van der Waals surface area contributed by atoms with Crippen LogP contribution in [-0.4, -0.2) is 11.0 Å². The maximum atomic E-state index is 10.9. The average Bonchev–Trinajstić information content (AvgIpc) is 2.40. The van der Waals surface area contributed by atoms with Gasteiger partial charge in [0.05, 0.1) is 16.2 Å². The first-order valence-corrected chi connectivity index (χ1v) is 5.14. The molecule has 0 heterocycles. The molecular weight excluding hydrogens is 232 g/mol. The number of nitro groups is 1. The fourth-order valence-electron chi connectivity index (χ4n) is 1.65. The highest BCUT2D eigenvalue weighted by molar-refractivity contribution is 5.74. The minimum Gasteiger partial charge on any atom is -0.258 e. The number of nitrogens with zero attached hydrogens (tertiary/aromatic N) is 2. The van der Waals surface area contributed by atoms with Gasteiger partial charge in [-0.15, -0.1) is 0 Å². The van der Waals surface area contributed by atoms with E-state index < -0.39 is 4.92 Å². The molecule has 2 rings (SSSR count). The van der Waals surface area contributed by atoms with Gasteiger partial charge in [0, 0.05) is 6.07 Å². The van der Waals surface area contributed by atoms with E-state index in [0.717, 1.165) is 0 Å². The normalized spacial score (nSPS) is 9.56. The maximum Gasteiger partial charge on any atom is 0.277 e. The molecule has 88 valence electrons. The van der Waals surface area contributed by atoms with Crippen molar-refractivity contribution in [3.05, 3.63) is 58.6 Å². The van der Waals surface area contributed by atoms with Crippen LogP contribution in [0.25, 0.3) is 11.1 Å².